The predicted molar refractivity (Wildman–Crippen MR) is 101 cm³/mol. The van der Waals surface area contributed by atoms with Crippen LogP contribution in [-0.4, -0.2) is 49.9 Å². The minimum atomic E-state index is -3.51. The summed E-state index contributed by atoms with van der Waals surface area (Å²) in [5.74, 6) is -0.245. The lowest BCUT2D eigenvalue weighted by Crippen LogP contribution is -2.40. The van der Waals surface area contributed by atoms with Crippen molar-refractivity contribution in [1.29, 1.82) is 0 Å². The van der Waals surface area contributed by atoms with Gasteiger partial charge >= 0.3 is 0 Å². The number of carbonyl (C=O) groups excluding carboxylic acids is 1. The van der Waals surface area contributed by atoms with E-state index in [0.717, 1.165) is 11.3 Å². The Hall–Kier alpha value is -2.55. The maximum absolute atomic E-state index is 12.6. The third-order valence-corrected chi connectivity index (χ3v) is 6.00. The van der Waals surface area contributed by atoms with E-state index in [1.54, 1.807) is 36.5 Å². The minimum Gasteiger partial charge on any atom is -0.379 e. The fraction of sp³-hybridized carbons (Fsp3) is 0.263. The highest BCUT2D eigenvalue weighted by atomic mass is 32.2. The summed E-state index contributed by atoms with van der Waals surface area (Å²) >= 11 is 0. The van der Waals surface area contributed by atoms with Gasteiger partial charge in [-0.05, 0) is 35.9 Å². The van der Waals surface area contributed by atoms with E-state index in [0.29, 0.717) is 32.8 Å². The van der Waals surface area contributed by atoms with Crippen LogP contribution >= 0.6 is 0 Å². The smallest absolute Gasteiger partial charge is 0.244 e. The molecule has 3 rings (SSSR count). The molecule has 7 nitrogen and oxygen atoms in total. The van der Waals surface area contributed by atoms with Gasteiger partial charge in [0.25, 0.3) is 0 Å². The maximum Gasteiger partial charge on any atom is 0.244 e. The first kappa shape index (κ1) is 19.2. The normalized spacial score (nSPS) is 15.7. The topological polar surface area (TPSA) is 88.6 Å². The van der Waals surface area contributed by atoms with Crippen LogP contribution in [0.25, 0.3) is 6.08 Å². The first-order valence-electron chi connectivity index (χ1n) is 8.59. The number of amides is 1. The number of morpholine rings is 1. The molecule has 8 heteroatoms. The molecule has 0 unspecified atom stereocenters. The van der Waals surface area contributed by atoms with Crippen LogP contribution in [0, 0.1) is 0 Å². The zero-order chi connectivity index (χ0) is 19.1. The number of pyridine rings is 1. The molecule has 0 saturated carbocycles. The van der Waals surface area contributed by atoms with Gasteiger partial charge in [-0.3, -0.25) is 9.78 Å². The average molecular weight is 387 g/mol. The van der Waals surface area contributed by atoms with Gasteiger partial charge in [0, 0.05) is 25.4 Å². The zero-order valence-corrected chi connectivity index (χ0v) is 15.6. The molecule has 0 aliphatic carbocycles. The van der Waals surface area contributed by atoms with Crippen molar-refractivity contribution in [3.05, 3.63) is 66.0 Å². The summed E-state index contributed by atoms with van der Waals surface area (Å²) in [6, 6.07) is 12.0. The summed E-state index contributed by atoms with van der Waals surface area (Å²) < 4.78 is 31.8. The van der Waals surface area contributed by atoms with Crippen LogP contribution < -0.4 is 5.32 Å². The molecule has 1 fully saturated rings. The number of nitrogens with one attached hydrogen (secondary N) is 1. The van der Waals surface area contributed by atoms with Gasteiger partial charge in [-0.25, -0.2) is 8.42 Å². The van der Waals surface area contributed by atoms with Crippen molar-refractivity contribution in [2.24, 2.45) is 0 Å². The molecule has 0 spiro atoms. The quantitative estimate of drug-likeness (QED) is 0.758. The van der Waals surface area contributed by atoms with Gasteiger partial charge in [0.15, 0.2) is 0 Å². The molecule has 1 aliphatic heterocycles. The number of aromatic nitrogens is 1. The van der Waals surface area contributed by atoms with Crippen LogP contribution in [0.1, 0.15) is 11.3 Å². The van der Waals surface area contributed by atoms with E-state index in [1.807, 2.05) is 18.2 Å². The van der Waals surface area contributed by atoms with Crippen LogP contribution in [0.5, 0.6) is 0 Å². The molecular weight excluding hydrogens is 366 g/mol. The summed E-state index contributed by atoms with van der Waals surface area (Å²) in [7, 11) is -3.51. The monoisotopic (exact) mass is 387 g/mol. The van der Waals surface area contributed by atoms with E-state index in [2.05, 4.69) is 10.3 Å². The second kappa shape index (κ2) is 8.90. The summed E-state index contributed by atoms with van der Waals surface area (Å²) in [5.41, 5.74) is 1.51. The lowest BCUT2D eigenvalue weighted by Gasteiger charge is -2.26. The largest absolute Gasteiger partial charge is 0.379 e. The van der Waals surface area contributed by atoms with E-state index in [4.69, 9.17) is 4.74 Å². The van der Waals surface area contributed by atoms with Crippen molar-refractivity contribution in [3.8, 4) is 0 Å². The standard InChI is InChI=1S/C19H21N3O4S/c23-19(21-15-17-3-1-2-10-20-17)9-6-16-4-7-18(8-5-16)27(24,25)22-11-13-26-14-12-22/h1-10H,11-15H2,(H,21,23). The Morgan fingerprint density at radius 3 is 2.56 bits per heavy atom. The van der Waals surface area contributed by atoms with Gasteiger partial charge in [-0.2, -0.15) is 4.31 Å². The molecule has 1 aliphatic rings. The van der Waals surface area contributed by atoms with Crippen LogP contribution in [0.2, 0.25) is 0 Å². The molecule has 2 aromatic rings. The first-order valence-corrected chi connectivity index (χ1v) is 10.0. The van der Waals surface area contributed by atoms with Crippen LogP contribution in [0.4, 0.5) is 0 Å². The fourth-order valence-corrected chi connectivity index (χ4v) is 4.01. The number of ether oxygens (including phenoxy) is 1. The highest BCUT2D eigenvalue weighted by molar-refractivity contribution is 7.89. The third-order valence-electron chi connectivity index (χ3n) is 4.08. The molecule has 0 radical (unpaired) electrons. The molecule has 142 valence electrons. The second-order valence-corrected chi connectivity index (χ2v) is 7.90. The Morgan fingerprint density at radius 2 is 1.89 bits per heavy atom. The van der Waals surface area contributed by atoms with Gasteiger partial charge in [-0.1, -0.05) is 18.2 Å². The minimum absolute atomic E-state index is 0.237. The Labute approximate surface area is 158 Å². The van der Waals surface area contributed by atoms with Crippen molar-refractivity contribution < 1.29 is 17.9 Å². The highest BCUT2D eigenvalue weighted by Crippen LogP contribution is 2.18. The molecule has 0 atom stereocenters. The molecule has 27 heavy (non-hydrogen) atoms. The van der Waals surface area contributed by atoms with E-state index < -0.39 is 10.0 Å². The van der Waals surface area contributed by atoms with E-state index in [1.165, 1.54) is 10.4 Å². The highest BCUT2D eigenvalue weighted by Gasteiger charge is 2.25. The number of hydrogen-bond acceptors (Lipinski definition) is 5. The first-order chi connectivity index (χ1) is 13.1. The van der Waals surface area contributed by atoms with E-state index >= 15 is 0 Å². The molecule has 1 saturated heterocycles. The predicted octanol–water partition coefficient (Wildman–Crippen LogP) is 1.43. The Bertz CT molecular complexity index is 890. The van der Waals surface area contributed by atoms with Crippen molar-refractivity contribution in [1.82, 2.24) is 14.6 Å². The Balaban J connectivity index is 1.58. The average Bonchev–Trinajstić information content (AvgIpc) is 2.72. The second-order valence-electron chi connectivity index (χ2n) is 5.96. The zero-order valence-electron chi connectivity index (χ0n) is 14.7. The van der Waals surface area contributed by atoms with Crippen molar-refractivity contribution >= 4 is 22.0 Å². The summed E-state index contributed by atoms with van der Waals surface area (Å²) in [6.45, 7) is 1.89. The summed E-state index contributed by atoms with van der Waals surface area (Å²) in [5, 5.41) is 2.75. The lowest BCUT2D eigenvalue weighted by molar-refractivity contribution is -0.116. The molecule has 2 heterocycles. The summed E-state index contributed by atoms with van der Waals surface area (Å²) in [6.07, 6.45) is 4.72. The van der Waals surface area contributed by atoms with Crippen molar-refractivity contribution in [2.45, 2.75) is 11.4 Å². The van der Waals surface area contributed by atoms with Gasteiger partial charge in [-0.15, -0.1) is 0 Å². The number of benzene rings is 1. The van der Waals surface area contributed by atoms with Gasteiger partial charge in [0.05, 0.1) is 30.3 Å². The molecule has 1 N–H and O–H groups in total. The molecule has 1 aromatic carbocycles. The third kappa shape index (κ3) is 5.22. The fourth-order valence-electron chi connectivity index (χ4n) is 2.60. The van der Waals surface area contributed by atoms with Gasteiger partial charge in [0.2, 0.25) is 15.9 Å². The number of hydrogen-bond donors (Lipinski definition) is 1. The number of nitrogens with zero attached hydrogens (tertiary/aromatic N) is 2. The van der Waals surface area contributed by atoms with Crippen molar-refractivity contribution in [3.63, 3.8) is 0 Å². The molecular formula is C19H21N3O4S. The number of carbonyl (C=O) groups is 1. The van der Waals surface area contributed by atoms with Crippen LogP contribution in [0.15, 0.2) is 59.6 Å². The molecule has 0 bridgehead atoms. The van der Waals surface area contributed by atoms with E-state index in [9.17, 15) is 13.2 Å². The summed E-state index contributed by atoms with van der Waals surface area (Å²) in [4.78, 5) is 16.3. The Morgan fingerprint density at radius 1 is 1.15 bits per heavy atom. The number of sulfonamides is 1. The van der Waals surface area contributed by atoms with E-state index in [-0.39, 0.29) is 10.8 Å². The van der Waals surface area contributed by atoms with Crippen LogP contribution in [0.3, 0.4) is 0 Å². The molecule has 1 aromatic heterocycles. The Kier molecular flexibility index (Phi) is 6.33. The molecule has 1 amide bonds. The maximum atomic E-state index is 12.6. The van der Waals surface area contributed by atoms with Gasteiger partial charge in [0.1, 0.15) is 0 Å². The SMILES string of the molecule is O=C(C=Cc1ccc(S(=O)(=O)N2CCOCC2)cc1)NCc1ccccn1. The number of rotatable bonds is 6. The van der Waals surface area contributed by atoms with Gasteiger partial charge < -0.3 is 10.1 Å². The van der Waals surface area contributed by atoms with Crippen molar-refractivity contribution in [2.75, 3.05) is 26.3 Å². The lowest BCUT2D eigenvalue weighted by atomic mass is 10.2. The van der Waals surface area contributed by atoms with Crippen LogP contribution in [-0.2, 0) is 26.1 Å².